The molecule has 0 amide bonds. The first-order chi connectivity index (χ1) is 8.19. The van der Waals surface area contributed by atoms with E-state index in [2.05, 4.69) is 52.0 Å². The molecule has 1 aliphatic rings. The van der Waals surface area contributed by atoms with Crippen LogP contribution < -0.4 is 0 Å². The van der Waals surface area contributed by atoms with E-state index >= 15 is 0 Å². The average Bonchev–Trinajstić information content (AvgIpc) is 2.71. The Hall–Kier alpha value is -0.236. The van der Waals surface area contributed by atoms with Crippen molar-refractivity contribution >= 4 is 16.9 Å². The maximum atomic E-state index is 2.34. The Labute approximate surface area is 128 Å². The van der Waals surface area contributed by atoms with Gasteiger partial charge in [0.1, 0.15) is 0 Å². The molecule has 1 aliphatic carbocycles. The summed E-state index contributed by atoms with van der Waals surface area (Å²) in [5, 5.41) is 0. The fraction of sp³-hybridized carbons (Fsp3) is 0.500. The van der Waals surface area contributed by atoms with Crippen LogP contribution in [0.1, 0.15) is 54.8 Å². The van der Waals surface area contributed by atoms with Crippen molar-refractivity contribution in [1.82, 2.24) is 0 Å². The summed E-state index contributed by atoms with van der Waals surface area (Å²) >= 11 is 1.90. The van der Waals surface area contributed by atoms with E-state index in [0.717, 1.165) is 0 Å². The van der Waals surface area contributed by atoms with Crippen molar-refractivity contribution in [2.45, 2.75) is 53.4 Å². The molecule has 0 saturated heterocycles. The zero-order valence-electron chi connectivity index (χ0n) is 12.0. The van der Waals surface area contributed by atoms with E-state index in [0.29, 0.717) is 0 Å². The normalized spacial score (nSPS) is 13.2. The number of hydrogen-bond acceptors (Lipinski definition) is 1. The SMILES string of the molecule is CCCC.Cc1cc(C2=CCCC=C2)sc1C.[V]. The molecule has 1 heterocycles. The summed E-state index contributed by atoms with van der Waals surface area (Å²) in [7, 11) is 0. The molecule has 99 valence electrons. The number of unbranched alkanes of at least 4 members (excludes halogenated alkanes) is 1. The van der Waals surface area contributed by atoms with Crippen molar-refractivity contribution in [1.29, 1.82) is 0 Å². The van der Waals surface area contributed by atoms with E-state index < -0.39 is 0 Å². The third kappa shape index (κ3) is 5.60. The largest absolute Gasteiger partial charge is 0.140 e. The predicted octanol–water partition coefficient (Wildman–Crippen LogP) is 5.90. The summed E-state index contributed by atoms with van der Waals surface area (Å²) < 4.78 is 0. The smallest absolute Gasteiger partial charge is 0.0344 e. The Morgan fingerprint density at radius 1 is 1.11 bits per heavy atom. The standard InChI is InChI=1S/C12H14S.C4H10.V/c1-9-8-12(13-10(9)2)11-6-4-3-5-7-11;1-3-4-2;/h4,6-8H,3,5H2,1-2H3;3-4H2,1-2H3;. The van der Waals surface area contributed by atoms with Gasteiger partial charge in [-0.1, -0.05) is 44.9 Å². The van der Waals surface area contributed by atoms with Gasteiger partial charge in [-0.2, -0.15) is 0 Å². The van der Waals surface area contributed by atoms with Crippen LogP contribution in [0, 0.1) is 13.8 Å². The molecule has 0 nitrogen and oxygen atoms in total. The first-order valence-electron chi connectivity index (χ1n) is 6.63. The molecule has 0 aromatic carbocycles. The molecule has 1 radical (unpaired) electrons. The minimum absolute atomic E-state index is 0. The number of allylic oxidation sites excluding steroid dienone is 4. The van der Waals surface area contributed by atoms with Crippen molar-refractivity contribution in [3.05, 3.63) is 39.6 Å². The Morgan fingerprint density at radius 3 is 2.17 bits per heavy atom. The summed E-state index contributed by atoms with van der Waals surface area (Å²) in [6.45, 7) is 8.74. The van der Waals surface area contributed by atoms with Crippen LogP contribution in [-0.4, -0.2) is 0 Å². The van der Waals surface area contributed by atoms with Gasteiger partial charge in [-0.3, -0.25) is 0 Å². The van der Waals surface area contributed by atoms with E-state index in [1.807, 2.05) is 11.3 Å². The van der Waals surface area contributed by atoms with Crippen LogP contribution in [0.2, 0.25) is 0 Å². The Morgan fingerprint density at radius 2 is 1.78 bits per heavy atom. The molecule has 0 unspecified atom stereocenters. The molecule has 0 bridgehead atoms. The molecule has 1 aromatic heterocycles. The molecular weight excluding hydrogens is 275 g/mol. The first-order valence-corrected chi connectivity index (χ1v) is 7.44. The van der Waals surface area contributed by atoms with Crippen molar-refractivity contribution in [2.75, 3.05) is 0 Å². The van der Waals surface area contributed by atoms with Gasteiger partial charge >= 0.3 is 0 Å². The van der Waals surface area contributed by atoms with Crippen LogP contribution in [0.25, 0.3) is 5.57 Å². The first kappa shape index (κ1) is 17.8. The van der Waals surface area contributed by atoms with Crippen molar-refractivity contribution in [2.24, 2.45) is 0 Å². The average molecular weight is 299 g/mol. The number of aryl methyl sites for hydroxylation is 2. The number of thiophene rings is 1. The van der Waals surface area contributed by atoms with Gasteiger partial charge in [-0.25, -0.2) is 0 Å². The van der Waals surface area contributed by atoms with Crippen molar-refractivity contribution in [3.8, 4) is 0 Å². The molecule has 0 aliphatic heterocycles. The van der Waals surface area contributed by atoms with Crippen molar-refractivity contribution < 1.29 is 18.6 Å². The van der Waals surface area contributed by atoms with Gasteiger partial charge < -0.3 is 0 Å². The summed E-state index contributed by atoms with van der Waals surface area (Å²) in [5.41, 5.74) is 2.83. The van der Waals surface area contributed by atoms with Crippen LogP contribution in [0.5, 0.6) is 0 Å². The minimum Gasteiger partial charge on any atom is -0.140 e. The molecule has 0 fully saturated rings. The molecule has 0 atom stereocenters. The van der Waals surface area contributed by atoms with Gasteiger partial charge in [0, 0.05) is 28.3 Å². The van der Waals surface area contributed by atoms with Gasteiger partial charge in [0.2, 0.25) is 0 Å². The monoisotopic (exact) mass is 299 g/mol. The molecule has 0 saturated carbocycles. The quantitative estimate of drug-likeness (QED) is 0.637. The second-order valence-corrected chi connectivity index (χ2v) is 5.75. The minimum atomic E-state index is 0. The fourth-order valence-corrected chi connectivity index (χ4v) is 2.57. The fourth-order valence-electron chi connectivity index (χ4n) is 1.51. The second kappa shape index (κ2) is 9.66. The molecule has 0 spiro atoms. The summed E-state index contributed by atoms with van der Waals surface area (Å²) in [6.07, 6.45) is 11.9. The molecule has 2 heteroatoms. The molecule has 1 aromatic rings. The zero-order valence-corrected chi connectivity index (χ0v) is 14.2. The zero-order chi connectivity index (χ0) is 12.7. The predicted molar refractivity (Wildman–Crippen MR) is 80.7 cm³/mol. The summed E-state index contributed by atoms with van der Waals surface area (Å²) in [4.78, 5) is 2.86. The molecular formula is C16H24SV. The van der Waals surface area contributed by atoms with Crippen LogP contribution in [0.4, 0.5) is 0 Å². The summed E-state index contributed by atoms with van der Waals surface area (Å²) in [5.74, 6) is 0. The van der Waals surface area contributed by atoms with E-state index in [1.165, 1.54) is 46.6 Å². The van der Waals surface area contributed by atoms with E-state index in [-0.39, 0.29) is 18.6 Å². The summed E-state index contributed by atoms with van der Waals surface area (Å²) in [6, 6.07) is 2.29. The Bertz CT molecular complexity index is 378. The number of hydrogen-bond donors (Lipinski definition) is 0. The van der Waals surface area contributed by atoms with E-state index in [1.54, 1.807) is 0 Å². The maximum Gasteiger partial charge on any atom is 0.0344 e. The van der Waals surface area contributed by atoms with Gasteiger partial charge in [-0.15, -0.1) is 11.3 Å². The van der Waals surface area contributed by atoms with Gasteiger partial charge in [-0.05, 0) is 43.9 Å². The van der Waals surface area contributed by atoms with Crippen molar-refractivity contribution in [3.63, 3.8) is 0 Å². The molecule has 18 heavy (non-hydrogen) atoms. The van der Waals surface area contributed by atoms with E-state index in [4.69, 9.17) is 0 Å². The second-order valence-electron chi connectivity index (χ2n) is 4.49. The van der Waals surface area contributed by atoms with Crippen LogP contribution in [0.3, 0.4) is 0 Å². The van der Waals surface area contributed by atoms with Crippen LogP contribution in [0.15, 0.2) is 24.3 Å². The van der Waals surface area contributed by atoms with Crippen LogP contribution in [-0.2, 0) is 18.6 Å². The third-order valence-corrected chi connectivity index (χ3v) is 4.15. The van der Waals surface area contributed by atoms with Crippen LogP contribution >= 0.6 is 11.3 Å². The van der Waals surface area contributed by atoms with Gasteiger partial charge in [0.25, 0.3) is 0 Å². The molecule has 0 N–H and O–H groups in total. The third-order valence-electron chi connectivity index (χ3n) is 2.95. The maximum absolute atomic E-state index is 2.34. The van der Waals surface area contributed by atoms with Gasteiger partial charge in [0.05, 0.1) is 0 Å². The topological polar surface area (TPSA) is 0 Å². The Balaban J connectivity index is 0.000000512. The Kier molecular flexibility index (Phi) is 9.54. The van der Waals surface area contributed by atoms with Gasteiger partial charge in [0.15, 0.2) is 0 Å². The molecule has 2 rings (SSSR count). The number of rotatable bonds is 2. The van der Waals surface area contributed by atoms with E-state index in [9.17, 15) is 0 Å².